The van der Waals surface area contributed by atoms with Gasteiger partial charge in [-0.05, 0) is 37.1 Å². The van der Waals surface area contributed by atoms with E-state index >= 15 is 0 Å². The molecule has 1 aromatic rings. The van der Waals surface area contributed by atoms with E-state index in [0.29, 0.717) is 39.4 Å². The third-order valence-corrected chi connectivity index (χ3v) is 7.91. The topological polar surface area (TPSA) is 99.2 Å². The van der Waals surface area contributed by atoms with E-state index in [0.717, 1.165) is 10.2 Å². The summed E-state index contributed by atoms with van der Waals surface area (Å²) in [5.41, 5.74) is 1.55. The van der Waals surface area contributed by atoms with Gasteiger partial charge in [0.1, 0.15) is 0 Å². The molecule has 150 valence electrons. The Hall–Kier alpha value is -1.20. The Morgan fingerprint density at radius 1 is 1.15 bits per heavy atom. The zero-order valence-electron chi connectivity index (χ0n) is 14.9. The van der Waals surface area contributed by atoms with Crippen molar-refractivity contribution < 1.29 is 23.2 Å². The van der Waals surface area contributed by atoms with Gasteiger partial charge in [0.15, 0.2) is 0 Å². The molecule has 10 heteroatoms. The highest BCUT2D eigenvalue weighted by atomic mass is 79.9. The van der Waals surface area contributed by atoms with Gasteiger partial charge in [0.05, 0.1) is 11.2 Å². The number of anilines is 1. The highest BCUT2D eigenvalue weighted by molar-refractivity contribution is 9.10. The predicted molar refractivity (Wildman–Crippen MR) is 104 cm³/mol. The quantitative estimate of drug-likeness (QED) is 0.504. The molecule has 0 saturated carbocycles. The van der Waals surface area contributed by atoms with Crippen LogP contribution < -0.4 is 10.4 Å². The van der Waals surface area contributed by atoms with E-state index in [-0.39, 0.29) is 18.6 Å². The number of benzene rings is 1. The molecule has 1 aromatic carbocycles. The molecule has 0 aromatic heterocycles. The summed E-state index contributed by atoms with van der Waals surface area (Å²) in [5, 5.41) is 9.08. The number of nitrogens with one attached hydrogen (secondary N) is 1. The fourth-order valence-corrected chi connectivity index (χ4v) is 5.92. The fraction of sp³-hybridized carbons (Fsp3) is 0.588. The second kappa shape index (κ2) is 8.44. The number of nitrogens with zero attached hydrogens (tertiary/aromatic N) is 2. The minimum atomic E-state index is -3.64. The van der Waals surface area contributed by atoms with Crippen molar-refractivity contribution >= 4 is 37.5 Å². The van der Waals surface area contributed by atoms with E-state index in [9.17, 15) is 13.2 Å². The number of hydrogen-bond donors (Lipinski definition) is 2. The lowest BCUT2D eigenvalue weighted by Crippen LogP contribution is -2.54. The number of hydrogen-bond acceptors (Lipinski definition) is 6. The van der Waals surface area contributed by atoms with E-state index in [2.05, 4.69) is 20.8 Å². The highest BCUT2D eigenvalue weighted by Gasteiger charge is 2.45. The van der Waals surface area contributed by atoms with Crippen molar-refractivity contribution in [2.75, 3.05) is 50.0 Å². The summed E-state index contributed by atoms with van der Waals surface area (Å²) in [6, 6.07) is 7.91. The number of carbonyl (C=O) groups is 1. The molecule has 2 heterocycles. The number of amides is 1. The van der Waals surface area contributed by atoms with Gasteiger partial charge in [0, 0.05) is 49.6 Å². The van der Waals surface area contributed by atoms with Crippen LogP contribution in [-0.4, -0.2) is 69.0 Å². The van der Waals surface area contributed by atoms with Gasteiger partial charge in [-0.2, -0.15) is 4.31 Å². The van der Waals surface area contributed by atoms with Crippen LogP contribution in [0.3, 0.4) is 0 Å². The van der Waals surface area contributed by atoms with Gasteiger partial charge in [-0.15, -0.1) is 0 Å². The number of carbonyl (C=O) groups excluding carboxylic acids is 1. The van der Waals surface area contributed by atoms with Gasteiger partial charge >= 0.3 is 0 Å². The molecule has 0 radical (unpaired) electrons. The lowest BCUT2D eigenvalue weighted by molar-refractivity contribution is -0.143. The SMILES string of the molecule is O=C(NO)C1(CS(=O)(=O)N2CCN(c3ccc(Br)cc3)CC2)CCOCC1. The molecule has 0 aliphatic carbocycles. The minimum absolute atomic E-state index is 0.275. The first-order valence-electron chi connectivity index (χ1n) is 8.87. The van der Waals surface area contributed by atoms with Crippen LogP contribution >= 0.6 is 15.9 Å². The summed E-state index contributed by atoms with van der Waals surface area (Å²) in [6.07, 6.45) is 0.551. The number of halogens is 1. The normalized spacial score (nSPS) is 21.0. The van der Waals surface area contributed by atoms with Crippen molar-refractivity contribution in [2.24, 2.45) is 5.41 Å². The molecule has 0 bridgehead atoms. The maximum absolute atomic E-state index is 13.0. The van der Waals surface area contributed by atoms with Crippen LogP contribution in [0, 0.1) is 5.41 Å². The van der Waals surface area contributed by atoms with E-state index in [1.807, 2.05) is 24.3 Å². The molecule has 2 aliphatic heterocycles. The van der Waals surface area contributed by atoms with Crippen LogP contribution in [0.15, 0.2) is 28.7 Å². The largest absolute Gasteiger partial charge is 0.381 e. The van der Waals surface area contributed by atoms with Gasteiger partial charge in [0.2, 0.25) is 10.0 Å². The van der Waals surface area contributed by atoms with Gasteiger partial charge in [0.25, 0.3) is 5.91 Å². The first-order chi connectivity index (χ1) is 12.9. The molecule has 1 amide bonds. The second-order valence-corrected chi connectivity index (χ2v) is 9.84. The standard InChI is InChI=1S/C17H24BrN3O5S/c18-14-1-3-15(4-2-14)20-7-9-21(10-8-20)27(24,25)13-17(16(22)19-23)5-11-26-12-6-17/h1-4,23H,5-13H2,(H,19,22). The molecule has 27 heavy (non-hydrogen) atoms. The minimum Gasteiger partial charge on any atom is -0.381 e. The predicted octanol–water partition coefficient (Wildman–Crippen LogP) is 1.20. The van der Waals surface area contributed by atoms with Gasteiger partial charge in [-0.1, -0.05) is 15.9 Å². The average Bonchev–Trinajstić information content (AvgIpc) is 2.68. The summed E-state index contributed by atoms with van der Waals surface area (Å²) >= 11 is 3.41. The highest BCUT2D eigenvalue weighted by Crippen LogP contribution is 2.33. The first kappa shape index (κ1) is 20.5. The van der Waals surface area contributed by atoms with E-state index in [1.165, 1.54) is 4.31 Å². The maximum atomic E-state index is 13.0. The first-order valence-corrected chi connectivity index (χ1v) is 11.3. The zero-order chi connectivity index (χ0) is 19.5. The van der Waals surface area contributed by atoms with Gasteiger partial charge < -0.3 is 9.64 Å². The number of rotatable bonds is 5. The molecule has 3 rings (SSSR count). The number of piperazine rings is 1. The Bertz CT molecular complexity index is 757. The maximum Gasteiger partial charge on any atom is 0.250 e. The third kappa shape index (κ3) is 4.62. The fourth-order valence-electron chi connectivity index (χ4n) is 3.63. The lowest BCUT2D eigenvalue weighted by atomic mass is 9.81. The van der Waals surface area contributed by atoms with Crippen LogP contribution in [0.2, 0.25) is 0 Å². The molecule has 2 aliphatic rings. The summed E-state index contributed by atoms with van der Waals surface area (Å²) in [6.45, 7) is 2.52. The monoisotopic (exact) mass is 461 g/mol. The second-order valence-electron chi connectivity index (χ2n) is 6.95. The van der Waals surface area contributed by atoms with E-state index in [1.54, 1.807) is 5.48 Å². The molecule has 2 fully saturated rings. The molecule has 2 saturated heterocycles. The summed E-state index contributed by atoms with van der Waals surface area (Å²) in [4.78, 5) is 14.3. The Kier molecular flexibility index (Phi) is 6.42. The Labute approximate surface area is 167 Å². The summed E-state index contributed by atoms with van der Waals surface area (Å²) in [7, 11) is -3.64. The van der Waals surface area contributed by atoms with Gasteiger partial charge in [-0.3, -0.25) is 10.0 Å². The van der Waals surface area contributed by atoms with Gasteiger partial charge in [-0.25, -0.2) is 13.9 Å². The molecular weight excluding hydrogens is 438 g/mol. The Balaban J connectivity index is 1.67. The smallest absolute Gasteiger partial charge is 0.250 e. The number of hydroxylamine groups is 1. The molecule has 0 unspecified atom stereocenters. The van der Waals surface area contributed by atoms with E-state index < -0.39 is 21.3 Å². The summed E-state index contributed by atoms with van der Waals surface area (Å²) in [5.74, 6) is -0.962. The van der Waals surface area contributed by atoms with Crippen molar-refractivity contribution in [3.63, 3.8) is 0 Å². The molecular formula is C17H24BrN3O5S. The Morgan fingerprint density at radius 3 is 2.30 bits per heavy atom. The van der Waals surface area contributed by atoms with Crippen LogP contribution in [0.25, 0.3) is 0 Å². The van der Waals surface area contributed by atoms with E-state index in [4.69, 9.17) is 9.94 Å². The zero-order valence-corrected chi connectivity index (χ0v) is 17.3. The van der Waals surface area contributed by atoms with Crippen molar-refractivity contribution in [3.8, 4) is 0 Å². The van der Waals surface area contributed by atoms with Crippen LogP contribution in [0.5, 0.6) is 0 Å². The third-order valence-electron chi connectivity index (χ3n) is 5.32. The average molecular weight is 462 g/mol. The molecule has 0 spiro atoms. The molecule has 8 nitrogen and oxygen atoms in total. The summed E-state index contributed by atoms with van der Waals surface area (Å²) < 4.78 is 33.6. The van der Waals surface area contributed by atoms with Crippen LogP contribution in [0.1, 0.15) is 12.8 Å². The van der Waals surface area contributed by atoms with Crippen LogP contribution in [-0.2, 0) is 19.6 Å². The molecule has 2 N–H and O–H groups in total. The van der Waals surface area contributed by atoms with Crippen molar-refractivity contribution in [3.05, 3.63) is 28.7 Å². The van der Waals surface area contributed by atoms with Crippen molar-refractivity contribution in [1.29, 1.82) is 0 Å². The van der Waals surface area contributed by atoms with Crippen molar-refractivity contribution in [1.82, 2.24) is 9.79 Å². The number of sulfonamides is 1. The number of ether oxygens (including phenoxy) is 1. The lowest BCUT2D eigenvalue weighted by Gasteiger charge is -2.39. The van der Waals surface area contributed by atoms with Crippen molar-refractivity contribution in [2.45, 2.75) is 12.8 Å². The Morgan fingerprint density at radius 2 is 1.74 bits per heavy atom. The van der Waals surface area contributed by atoms with Crippen LogP contribution in [0.4, 0.5) is 5.69 Å². The molecule has 0 atom stereocenters.